The molecule has 0 aliphatic carbocycles. The Morgan fingerprint density at radius 3 is 2.31 bits per heavy atom. The maximum Gasteiger partial charge on any atom is 0.326 e. The second-order valence-corrected chi connectivity index (χ2v) is 3.47. The number of carboxylic acid groups (broad SMARTS) is 1. The van der Waals surface area contributed by atoms with Crippen LogP contribution in [0.1, 0.15) is 26.2 Å². The Bertz CT molecular complexity index is 280. The summed E-state index contributed by atoms with van der Waals surface area (Å²) >= 11 is 0. The van der Waals surface area contributed by atoms with Crippen molar-refractivity contribution in [3.8, 4) is 0 Å². The third-order valence-electron chi connectivity index (χ3n) is 1.96. The van der Waals surface area contributed by atoms with Crippen LogP contribution >= 0.6 is 0 Å². The van der Waals surface area contributed by atoms with E-state index in [2.05, 4.69) is 5.32 Å². The lowest BCUT2D eigenvalue weighted by Gasteiger charge is -2.16. The summed E-state index contributed by atoms with van der Waals surface area (Å²) in [7, 11) is 0. The van der Waals surface area contributed by atoms with E-state index in [-0.39, 0.29) is 0 Å². The molecule has 16 heavy (non-hydrogen) atoms. The molecule has 0 saturated carbocycles. The van der Waals surface area contributed by atoms with Gasteiger partial charge in [0.1, 0.15) is 6.04 Å². The van der Waals surface area contributed by atoms with Gasteiger partial charge in [0.15, 0.2) is 0 Å². The van der Waals surface area contributed by atoms with Crippen LogP contribution in [-0.2, 0) is 14.4 Å². The molecule has 0 heterocycles. The Kier molecular flexibility index (Phi) is 6.09. The van der Waals surface area contributed by atoms with Crippen LogP contribution in [0.5, 0.6) is 0 Å². The van der Waals surface area contributed by atoms with Gasteiger partial charge < -0.3 is 21.9 Å². The average molecular weight is 231 g/mol. The minimum atomic E-state index is -1.31. The maximum atomic E-state index is 11.4. The summed E-state index contributed by atoms with van der Waals surface area (Å²) in [6.07, 6.45) is 0.719. The van der Waals surface area contributed by atoms with Crippen molar-refractivity contribution < 1.29 is 19.5 Å². The van der Waals surface area contributed by atoms with Crippen molar-refractivity contribution in [1.82, 2.24) is 5.32 Å². The summed E-state index contributed by atoms with van der Waals surface area (Å²) in [6, 6.07) is -2.08. The van der Waals surface area contributed by atoms with E-state index >= 15 is 0 Å². The second-order valence-electron chi connectivity index (χ2n) is 3.47. The molecule has 2 atom stereocenters. The van der Waals surface area contributed by atoms with E-state index in [0.717, 1.165) is 0 Å². The van der Waals surface area contributed by atoms with E-state index in [1.54, 1.807) is 0 Å². The van der Waals surface area contributed by atoms with Crippen LogP contribution in [0, 0.1) is 0 Å². The number of hydrogen-bond donors (Lipinski definition) is 4. The van der Waals surface area contributed by atoms with Crippen LogP contribution in [0.2, 0.25) is 0 Å². The SMILES string of the molecule is CCC[C@@H](N)C(=O)NC(CC(N)=O)C(=O)O. The number of amides is 2. The van der Waals surface area contributed by atoms with E-state index < -0.39 is 36.3 Å². The molecule has 0 aromatic carbocycles. The van der Waals surface area contributed by atoms with Crippen molar-refractivity contribution in [2.75, 3.05) is 0 Å². The Labute approximate surface area is 93.2 Å². The molecule has 92 valence electrons. The van der Waals surface area contributed by atoms with Crippen molar-refractivity contribution in [2.24, 2.45) is 11.5 Å². The van der Waals surface area contributed by atoms with Crippen LogP contribution < -0.4 is 16.8 Å². The molecule has 0 aromatic heterocycles. The minimum Gasteiger partial charge on any atom is -0.480 e. The lowest BCUT2D eigenvalue weighted by Crippen LogP contribution is -2.49. The van der Waals surface area contributed by atoms with Crippen molar-refractivity contribution in [3.63, 3.8) is 0 Å². The molecule has 0 rings (SSSR count). The summed E-state index contributed by atoms with van der Waals surface area (Å²) in [5.74, 6) is -2.69. The van der Waals surface area contributed by atoms with Gasteiger partial charge in [-0.1, -0.05) is 13.3 Å². The molecule has 0 saturated heterocycles. The molecule has 7 nitrogen and oxygen atoms in total. The first-order chi connectivity index (χ1) is 7.38. The minimum absolute atomic E-state index is 0.445. The zero-order chi connectivity index (χ0) is 12.7. The summed E-state index contributed by atoms with van der Waals surface area (Å²) in [5, 5.41) is 10.9. The van der Waals surface area contributed by atoms with Gasteiger partial charge in [-0.15, -0.1) is 0 Å². The Morgan fingerprint density at radius 2 is 1.94 bits per heavy atom. The lowest BCUT2D eigenvalue weighted by molar-refractivity contribution is -0.143. The second kappa shape index (κ2) is 6.78. The van der Waals surface area contributed by atoms with Gasteiger partial charge in [0.25, 0.3) is 0 Å². The zero-order valence-electron chi connectivity index (χ0n) is 9.10. The van der Waals surface area contributed by atoms with Crippen molar-refractivity contribution >= 4 is 17.8 Å². The molecule has 0 radical (unpaired) electrons. The number of aliphatic carboxylic acids is 1. The smallest absolute Gasteiger partial charge is 0.326 e. The Morgan fingerprint density at radius 1 is 1.38 bits per heavy atom. The highest BCUT2D eigenvalue weighted by Gasteiger charge is 2.24. The number of carbonyl (C=O) groups is 3. The number of nitrogens with two attached hydrogens (primary N) is 2. The highest BCUT2D eigenvalue weighted by atomic mass is 16.4. The highest BCUT2D eigenvalue weighted by Crippen LogP contribution is 1.97. The molecule has 0 bridgehead atoms. The summed E-state index contributed by atoms with van der Waals surface area (Å²) in [4.78, 5) is 32.6. The van der Waals surface area contributed by atoms with Gasteiger partial charge >= 0.3 is 5.97 Å². The molecule has 0 fully saturated rings. The van der Waals surface area contributed by atoms with Gasteiger partial charge in [-0.05, 0) is 6.42 Å². The summed E-state index contributed by atoms with van der Waals surface area (Å²) < 4.78 is 0. The van der Waals surface area contributed by atoms with Crippen LogP contribution in [-0.4, -0.2) is 35.0 Å². The van der Waals surface area contributed by atoms with Gasteiger partial charge in [0, 0.05) is 0 Å². The molecule has 2 amide bonds. The zero-order valence-corrected chi connectivity index (χ0v) is 9.10. The average Bonchev–Trinajstić information content (AvgIpc) is 2.16. The third-order valence-corrected chi connectivity index (χ3v) is 1.96. The van der Waals surface area contributed by atoms with E-state index in [1.165, 1.54) is 0 Å². The monoisotopic (exact) mass is 231 g/mol. The van der Waals surface area contributed by atoms with Gasteiger partial charge in [-0.3, -0.25) is 9.59 Å². The fraction of sp³-hybridized carbons (Fsp3) is 0.667. The fourth-order valence-corrected chi connectivity index (χ4v) is 1.12. The molecule has 0 spiro atoms. The first-order valence-corrected chi connectivity index (χ1v) is 4.95. The number of nitrogens with one attached hydrogen (secondary N) is 1. The topological polar surface area (TPSA) is 136 Å². The number of carbonyl (C=O) groups excluding carboxylic acids is 2. The van der Waals surface area contributed by atoms with E-state index in [1.807, 2.05) is 6.92 Å². The number of carboxylic acids is 1. The van der Waals surface area contributed by atoms with Gasteiger partial charge in [-0.2, -0.15) is 0 Å². The predicted octanol–water partition coefficient (Wildman–Crippen LogP) is -1.44. The molecule has 0 aromatic rings. The van der Waals surface area contributed by atoms with E-state index in [9.17, 15) is 14.4 Å². The van der Waals surface area contributed by atoms with Crippen LogP contribution in [0.25, 0.3) is 0 Å². The largest absolute Gasteiger partial charge is 0.480 e. The summed E-state index contributed by atoms with van der Waals surface area (Å²) in [6.45, 7) is 1.85. The molecule has 1 unspecified atom stereocenters. The lowest BCUT2D eigenvalue weighted by atomic mass is 10.1. The summed E-state index contributed by atoms with van der Waals surface area (Å²) in [5.41, 5.74) is 10.3. The first kappa shape index (κ1) is 14.4. The molecule has 0 aliphatic heterocycles. The van der Waals surface area contributed by atoms with Gasteiger partial charge in [0.2, 0.25) is 11.8 Å². The number of primary amides is 1. The van der Waals surface area contributed by atoms with Crippen LogP contribution in [0.3, 0.4) is 0 Å². The molecular formula is C9H17N3O4. The number of rotatable bonds is 7. The molecular weight excluding hydrogens is 214 g/mol. The quantitative estimate of drug-likeness (QED) is 0.425. The van der Waals surface area contributed by atoms with Crippen molar-refractivity contribution in [3.05, 3.63) is 0 Å². The number of hydrogen-bond acceptors (Lipinski definition) is 4. The van der Waals surface area contributed by atoms with Crippen LogP contribution in [0.15, 0.2) is 0 Å². The predicted molar refractivity (Wildman–Crippen MR) is 56.3 cm³/mol. The maximum absolute atomic E-state index is 11.4. The Hall–Kier alpha value is -1.63. The van der Waals surface area contributed by atoms with Crippen LogP contribution in [0.4, 0.5) is 0 Å². The van der Waals surface area contributed by atoms with E-state index in [0.29, 0.717) is 12.8 Å². The first-order valence-electron chi connectivity index (χ1n) is 4.95. The normalized spacial score (nSPS) is 13.9. The third kappa shape index (κ3) is 5.30. The van der Waals surface area contributed by atoms with Crippen molar-refractivity contribution in [1.29, 1.82) is 0 Å². The van der Waals surface area contributed by atoms with Gasteiger partial charge in [0.05, 0.1) is 12.5 Å². The van der Waals surface area contributed by atoms with E-state index in [4.69, 9.17) is 16.6 Å². The molecule has 0 aliphatic rings. The standard InChI is InChI=1S/C9H17N3O4/c1-2-3-5(10)8(14)12-6(9(15)16)4-7(11)13/h5-6H,2-4,10H2,1H3,(H2,11,13)(H,12,14)(H,15,16)/t5-,6?/m1/s1. The molecule has 6 N–H and O–H groups in total. The highest BCUT2D eigenvalue weighted by molar-refractivity contribution is 5.89. The fourth-order valence-electron chi connectivity index (χ4n) is 1.12. The van der Waals surface area contributed by atoms with Gasteiger partial charge in [-0.25, -0.2) is 4.79 Å². The Balaban J connectivity index is 4.34. The van der Waals surface area contributed by atoms with Crippen molar-refractivity contribution in [2.45, 2.75) is 38.3 Å². The molecule has 7 heteroatoms.